The molecule has 0 aliphatic carbocycles. The van der Waals surface area contributed by atoms with E-state index in [0.29, 0.717) is 17.9 Å². The minimum absolute atomic E-state index is 0.0926. The summed E-state index contributed by atoms with van der Waals surface area (Å²) in [5.41, 5.74) is 6.77. The predicted molar refractivity (Wildman–Crippen MR) is 67.7 cm³/mol. The first-order chi connectivity index (χ1) is 7.49. The van der Waals surface area contributed by atoms with Gasteiger partial charge in [-0.15, -0.1) is 0 Å². The lowest BCUT2D eigenvalue weighted by molar-refractivity contribution is -0.137. The Bertz CT molecular complexity index is 384. The van der Waals surface area contributed by atoms with Gasteiger partial charge in [-0.3, -0.25) is 4.79 Å². The number of hydrogen-bond donors (Lipinski definition) is 2. The molecule has 1 rings (SSSR count). The summed E-state index contributed by atoms with van der Waals surface area (Å²) in [5, 5.41) is 9.18. The molecule has 0 spiro atoms. The molecule has 0 aliphatic heterocycles. The molecule has 0 aliphatic rings. The quantitative estimate of drug-likeness (QED) is 0.879. The SMILES string of the molecule is NC(CCC(=O)O)Cc1ccc(Br)cc1Cl. The monoisotopic (exact) mass is 305 g/mol. The first-order valence-electron chi connectivity index (χ1n) is 4.90. The van der Waals surface area contributed by atoms with E-state index in [9.17, 15) is 4.79 Å². The van der Waals surface area contributed by atoms with Crippen molar-refractivity contribution in [2.24, 2.45) is 5.73 Å². The normalized spacial score (nSPS) is 12.4. The maximum Gasteiger partial charge on any atom is 0.303 e. The van der Waals surface area contributed by atoms with Crippen LogP contribution in [0.2, 0.25) is 5.02 Å². The second-order valence-electron chi connectivity index (χ2n) is 3.63. The van der Waals surface area contributed by atoms with Crippen molar-refractivity contribution >= 4 is 33.5 Å². The zero-order valence-electron chi connectivity index (χ0n) is 8.62. The number of carbonyl (C=O) groups is 1. The van der Waals surface area contributed by atoms with Gasteiger partial charge in [-0.1, -0.05) is 33.6 Å². The number of halogens is 2. The van der Waals surface area contributed by atoms with Crippen LogP contribution in [0.25, 0.3) is 0 Å². The van der Waals surface area contributed by atoms with Crippen molar-refractivity contribution < 1.29 is 9.90 Å². The highest BCUT2D eigenvalue weighted by Gasteiger charge is 2.09. The van der Waals surface area contributed by atoms with Gasteiger partial charge < -0.3 is 10.8 Å². The lowest BCUT2D eigenvalue weighted by Gasteiger charge is -2.11. The van der Waals surface area contributed by atoms with Gasteiger partial charge in [-0.25, -0.2) is 0 Å². The van der Waals surface area contributed by atoms with Crippen LogP contribution in [-0.2, 0) is 11.2 Å². The van der Waals surface area contributed by atoms with Gasteiger partial charge in [0.2, 0.25) is 0 Å². The fourth-order valence-corrected chi connectivity index (χ4v) is 2.13. The Labute approximate surface area is 108 Å². The topological polar surface area (TPSA) is 63.3 Å². The van der Waals surface area contributed by atoms with Crippen LogP contribution in [0.3, 0.4) is 0 Å². The molecule has 0 fully saturated rings. The lowest BCUT2D eigenvalue weighted by atomic mass is 10.0. The molecule has 3 N–H and O–H groups in total. The number of carboxylic acid groups (broad SMARTS) is 1. The van der Waals surface area contributed by atoms with Crippen LogP contribution < -0.4 is 5.73 Å². The van der Waals surface area contributed by atoms with Gasteiger partial charge in [0.05, 0.1) is 0 Å². The Morgan fingerprint density at radius 2 is 2.25 bits per heavy atom. The number of hydrogen-bond acceptors (Lipinski definition) is 2. The third-order valence-electron chi connectivity index (χ3n) is 2.23. The number of carboxylic acids is 1. The van der Waals surface area contributed by atoms with E-state index in [1.54, 1.807) is 6.07 Å². The van der Waals surface area contributed by atoms with Gasteiger partial charge in [0.1, 0.15) is 0 Å². The van der Waals surface area contributed by atoms with E-state index in [0.717, 1.165) is 10.0 Å². The van der Waals surface area contributed by atoms with Gasteiger partial charge in [-0.05, 0) is 30.5 Å². The molecule has 1 atom stereocenters. The molecule has 0 heterocycles. The van der Waals surface area contributed by atoms with Crippen molar-refractivity contribution in [1.29, 1.82) is 0 Å². The standard InChI is InChI=1S/C11H13BrClNO2/c12-8-2-1-7(10(13)6-8)5-9(14)3-4-11(15)16/h1-2,6,9H,3-5,14H2,(H,15,16). The van der Waals surface area contributed by atoms with Crippen LogP contribution in [0.4, 0.5) is 0 Å². The summed E-state index contributed by atoms with van der Waals surface area (Å²) >= 11 is 9.35. The molecule has 0 aromatic heterocycles. The van der Waals surface area contributed by atoms with Crippen LogP contribution in [0.15, 0.2) is 22.7 Å². The van der Waals surface area contributed by atoms with Crippen LogP contribution in [0, 0.1) is 0 Å². The van der Waals surface area contributed by atoms with E-state index in [1.807, 2.05) is 12.1 Å². The average molecular weight is 307 g/mol. The molecule has 0 amide bonds. The maximum atomic E-state index is 10.4. The van der Waals surface area contributed by atoms with Gasteiger partial charge in [0.25, 0.3) is 0 Å². The molecule has 0 radical (unpaired) electrons. The summed E-state index contributed by atoms with van der Waals surface area (Å²) < 4.78 is 0.917. The Kier molecular flexibility index (Phi) is 5.25. The van der Waals surface area contributed by atoms with Gasteiger partial charge in [0.15, 0.2) is 0 Å². The van der Waals surface area contributed by atoms with E-state index in [4.69, 9.17) is 22.4 Å². The Hall–Kier alpha value is -0.580. The van der Waals surface area contributed by atoms with Gasteiger partial charge in [0, 0.05) is 22.0 Å². The molecule has 1 aromatic rings. The van der Waals surface area contributed by atoms with Crippen molar-refractivity contribution in [2.45, 2.75) is 25.3 Å². The molecule has 88 valence electrons. The summed E-state index contributed by atoms with van der Waals surface area (Å²) in [6.45, 7) is 0. The molecule has 0 bridgehead atoms. The lowest BCUT2D eigenvalue weighted by Crippen LogP contribution is -2.23. The molecular weight excluding hydrogens is 293 g/mol. The molecule has 0 saturated carbocycles. The first-order valence-corrected chi connectivity index (χ1v) is 6.07. The number of nitrogens with two attached hydrogens (primary N) is 1. The minimum atomic E-state index is -0.822. The second-order valence-corrected chi connectivity index (χ2v) is 4.96. The summed E-state index contributed by atoms with van der Waals surface area (Å²) in [6, 6.07) is 5.42. The molecular formula is C11H13BrClNO2. The van der Waals surface area contributed by atoms with Crippen LogP contribution in [0.5, 0.6) is 0 Å². The Morgan fingerprint density at radius 1 is 1.56 bits per heavy atom. The highest BCUT2D eigenvalue weighted by atomic mass is 79.9. The first kappa shape index (κ1) is 13.5. The van der Waals surface area contributed by atoms with Crippen LogP contribution >= 0.6 is 27.5 Å². The molecule has 1 aromatic carbocycles. The zero-order chi connectivity index (χ0) is 12.1. The number of benzene rings is 1. The second kappa shape index (κ2) is 6.23. The van der Waals surface area contributed by atoms with Crippen molar-refractivity contribution in [3.05, 3.63) is 33.3 Å². The Morgan fingerprint density at radius 3 is 2.81 bits per heavy atom. The molecule has 5 heteroatoms. The predicted octanol–water partition coefficient (Wildman–Crippen LogP) is 2.84. The van der Waals surface area contributed by atoms with Crippen molar-refractivity contribution in [1.82, 2.24) is 0 Å². The Balaban J connectivity index is 2.55. The minimum Gasteiger partial charge on any atom is -0.481 e. The van der Waals surface area contributed by atoms with E-state index in [1.165, 1.54) is 0 Å². The molecule has 3 nitrogen and oxygen atoms in total. The molecule has 0 saturated heterocycles. The van der Waals surface area contributed by atoms with Crippen molar-refractivity contribution in [2.75, 3.05) is 0 Å². The average Bonchev–Trinajstić information content (AvgIpc) is 2.19. The van der Waals surface area contributed by atoms with Crippen molar-refractivity contribution in [3.63, 3.8) is 0 Å². The smallest absolute Gasteiger partial charge is 0.303 e. The summed E-state index contributed by atoms with van der Waals surface area (Å²) in [4.78, 5) is 10.4. The maximum absolute atomic E-state index is 10.4. The van der Waals surface area contributed by atoms with E-state index in [2.05, 4.69) is 15.9 Å². The third-order valence-corrected chi connectivity index (χ3v) is 3.07. The summed E-state index contributed by atoms with van der Waals surface area (Å²) in [7, 11) is 0. The summed E-state index contributed by atoms with van der Waals surface area (Å²) in [6.07, 6.45) is 1.15. The summed E-state index contributed by atoms with van der Waals surface area (Å²) in [5.74, 6) is -0.822. The number of rotatable bonds is 5. The number of aliphatic carboxylic acids is 1. The third kappa shape index (κ3) is 4.51. The highest BCUT2D eigenvalue weighted by molar-refractivity contribution is 9.10. The van der Waals surface area contributed by atoms with E-state index < -0.39 is 5.97 Å². The molecule has 16 heavy (non-hydrogen) atoms. The van der Waals surface area contributed by atoms with Crippen molar-refractivity contribution in [3.8, 4) is 0 Å². The highest BCUT2D eigenvalue weighted by Crippen LogP contribution is 2.22. The van der Waals surface area contributed by atoms with E-state index >= 15 is 0 Å². The van der Waals surface area contributed by atoms with Crippen LogP contribution in [-0.4, -0.2) is 17.1 Å². The molecule has 1 unspecified atom stereocenters. The van der Waals surface area contributed by atoms with Gasteiger partial charge in [-0.2, -0.15) is 0 Å². The van der Waals surface area contributed by atoms with Gasteiger partial charge >= 0.3 is 5.97 Å². The fourth-order valence-electron chi connectivity index (χ4n) is 1.38. The zero-order valence-corrected chi connectivity index (χ0v) is 11.0. The fraction of sp³-hybridized carbons (Fsp3) is 0.364. The van der Waals surface area contributed by atoms with Crippen LogP contribution in [0.1, 0.15) is 18.4 Å². The van der Waals surface area contributed by atoms with E-state index in [-0.39, 0.29) is 12.5 Å². The largest absolute Gasteiger partial charge is 0.481 e.